The fourth-order valence-electron chi connectivity index (χ4n) is 2.17. The molecule has 122 valence electrons. The highest BCUT2D eigenvalue weighted by molar-refractivity contribution is 9.10. The van der Waals surface area contributed by atoms with E-state index >= 15 is 0 Å². The number of hydrogen-bond acceptors (Lipinski definition) is 4. The summed E-state index contributed by atoms with van der Waals surface area (Å²) in [7, 11) is 0. The number of halogens is 1. The van der Waals surface area contributed by atoms with Gasteiger partial charge in [-0.2, -0.15) is 0 Å². The molecule has 0 unspecified atom stereocenters. The Morgan fingerprint density at radius 2 is 1.88 bits per heavy atom. The second-order valence-corrected chi connectivity index (χ2v) is 5.88. The van der Waals surface area contributed by atoms with Crippen molar-refractivity contribution in [2.75, 3.05) is 0 Å². The van der Waals surface area contributed by atoms with E-state index in [4.69, 9.17) is 4.52 Å². The van der Waals surface area contributed by atoms with Crippen LogP contribution >= 0.6 is 15.9 Å². The zero-order valence-corrected chi connectivity index (χ0v) is 14.2. The average molecular weight is 389 g/mol. The minimum atomic E-state index is -0.508. The predicted octanol–water partition coefficient (Wildman–Crippen LogP) is 2.82. The van der Waals surface area contributed by atoms with E-state index in [1.165, 1.54) is 0 Å². The van der Waals surface area contributed by atoms with Gasteiger partial charge in [0, 0.05) is 16.2 Å². The van der Waals surface area contributed by atoms with Gasteiger partial charge in [-0.15, -0.1) is 0 Å². The lowest BCUT2D eigenvalue weighted by Crippen LogP contribution is -2.42. The largest absolute Gasteiger partial charge is 0.360 e. The van der Waals surface area contributed by atoms with Crippen molar-refractivity contribution in [1.29, 1.82) is 0 Å². The summed E-state index contributed by atoms with van der Waals surface area (Å²) in [5.74, 6) is -0.612. The highest BCUT2D eigenvalue weighted by Gasteiger charge is 2.22. The van der Waals surface area contributed by atoms with Crippen LogP contribution in [0.2, 0.25) is 0 Å². The van der Waals surface area contributed by atoms with Gasteiger partial charge < -0.3 is 9.51 Å². The number of benzene rings is 1. The minimum absolute atomic E-state index is 0.272. The molecule has 2 aromatic heterocycles. The van der Waals surface area contributed by atoms with E-state index in [2.05, 4.69) is 36.9 Å². The summed E-state index contributed by atoms with van der Waals surface area (Å²) in [6, 6.07) is 10.8. The van der Waals surface area contributed by atoms with Crippen molar-refractivity contribution in [3.63, 3.8) is 0 Å². The lowest BCUT2D eigenvalue weighted by atomic mass is 10.1. The summed E-state index contributed by atoms with van der Waals surface area (Å²) >= 11 is 3.24. The summed E-state index contributed by atoms with van der Waals surface area (Å²) in [5.41, 5.74) is 6.47. The Hall–Kier alpha value is -2.87. The van der Waals surface area contributed by atoms with Crippen LogP contribution in [-0.2, 0) is 0 Å². The average Bonchev–Trinajstić information content (AvgIpc) is 3.19. The highest BCUT2D eigenvalue weighted by Crippen LogP contribution is 2.24. The van der Waals surface area contributed by atoms with Crippen molar-refractivity contribution >= 4 is 27.7 Å². The summed E-state index contributed by atoms with van der Waals surface area (Å²) in [5, 5.41) is 3.93. The van der Waals surface area contributed by atoms with Gasteiger partial charge in [0.05, 0.1) is 0 Å². The number of aromatic amines is 1. The molecule has 0 radical (unpaired) electrons. The van der Waals surface area contributed by atoms with Gasteiger partial charge in [-0.05, 0) is 28.9 Å². The van der Waals surface area contributed by atoms with Crippen LogP contribution in [0.3, 0.4) is 0 Å². The van der Waals surface area contributed by atoms with E-state index in [0.717, 1.165) is 10.0 Å². The number of H-pyrrole nitrogens is 1. The third kappa shape index (κ3) is 3.23. The molecule has 3 N–H and O–H groups in total. The molecule has 1 aromatic carbocycles. The molecule has 0 aliphatic rings. The molecule has 0 aliphatic carbocycles. The Morgan fingerprint density at radius 3 is 2.54 bits per heavy atom. The molecular weight excluding hydrogens is 376 g/mol. The number of aryl methyl sites for hydroxylation is 1. The number of amides is 2. The van der Waals surface area contributed by atoms with E-state index in [-0.39, 0.29) is 5.56 Å². The van der Waals surface area contributed by atoms with E-state index in [1.54, 1.807) is 19.2 Å². The fraction of sp³-hybridized carbons (Fsp3) is 0.0625. The number of aromatic nitrogens is 2. The standard InChI is InChI=1S/C16H13BrN4O3/c1-9-13(14(21-24-9)10-5-3-2-4-6-10)16(23)20-19-15(22)12-7-11(17)8-18-12/h2-8,18H,1H3,(H,19,22)(H,20,23). The molecule has 7 nitrogen and oxygen atoms in total. The molecule has 0 saturated carbocycles. The maximum absolute atomic E-state index is 12.4. The number of hydrazine groups is 1. The molecule has 0 atom stereocenters. The van der Waals surface area contributed by atoms with Crippen molar-refractivity contribution in [2.45, 2.75) is 6.92 Å². The van der Waals surface area contributed by atoms with Crippen LogP contribution in [0.4, 0.5) is 0 Å². The molecule has 24 heavy (non-hydrogen) atoms. The van der Waals surface area contributed by atoms with Crippen LogP contribution in [0.1, 0.15) is 26.6 Å². The normalized spacial score (nSPS) is 10.4. The van der Waals surface area contributed by atoms with Crippen LogP contribution in [0.25, 0.3) is 11.3 Å². The second kappa shape index (κ2) is 6.71. The van der Waals surface area contributed by atoms with E-state index in [1.807, 2.05) is 30.3 Å². The summed E-state index contributed by atoms with van der Waals surface area (Å²) in [4.78, 5) is 27.1. The fourth-order valence-corrected chi connectivity index (χ4v) is 2.52. The number of carbonyl (C=O) groups is 2. The number of hydrogen-bond donors (Lipinski definition) is 3. The van der Waals surface area contributed by atoms with E-state index < -0.39 is 11.8 Å². The Morgan fingerprint density at radius 1 is 1.17 bits per heavy atom. The lowest BCUT2D eigenvalue weighted by molar-refractivity contribution is 0.0843. The SMILES string of the molecule is Cc1onc(-c2ccccc2)c1C(=O)NNC(=O)c1cc(Br)c[nH]1. The van der Waals surface area contributed by atoms with Crippen LogP contribution in [-0.4, -0.2) is 22.0 Å². The maximum atomic E-state index is 12.4. The summed E-state index contributed by atoms with van der Waals surface area (Å²) < 4.78 is 5.87. The van der Waals surface area contributed by atoms with Crippen molar-refractivity contribution in [1.82, 2.24) is 21.0 Å². The van der Waals surface area contributed by atoms with Gasteiger partial charge in [0.2, 0.25) is 0 Å². The Balaban J connectivity index is 1.76. The number of nitrogens with one attached hydrogen (secondary N) is 3. The molecule has 2 heterocycles. The van der Waals surface area contributed by atoms with Gasteiger partial charge in [0.25, 0.3) is 11.8 Å². The van der Waals surface area contributed by atoms with E-state index in [0.29, 0.717) is 17.1 Å². The van der Waals surface area contributed by atoms with Gasteiger partial charge in [-0.1, -0.05) is 35.5 Å². The first-order valence-electron chi connectivity index (χ1n) is 7.02. The van der Waals surface area contributed by atoms with Crippen molar-refractivity contribution < 1.29 is 14.1 Å². The third-order valence-corrected chi connectivity index (χ3v) is 3.78. The number of nitrogens with zero attached hydrogens (tertiary/aromatic N) is 1. The Bertz CT molecular complexity index is 886. The monoisotopic (exact) mass is 388 g/mol. The molecule has 0 bridgehead atoms. The van der Waals surface area contributed by atoms with Crippen molar-refractivity contribution in [3.05, 3.63) is 64.1 Å². The van der Waals surface area contributed by atoms with Crippen LogP contribution in [0.15, 0.2) is 51.6 Å². The third-order valence-electron chi connectivity index (χ3n) is 3.32. The van der Waals surface area contributed by atoms with Gasteiger partial charge in [0.15, 0.2) is 0 Å². The molecular formula is C16H13BrN4O3. The van der Waals surface area contributed by atoms with Gasteiger partial charge in [0.1, 0.15) is 22.7 Å². The summed E-state index contributed by atoms with van der Waals surface area (Å²) in [6.07, 6.45) is 1.62. The lowest BCUT2D eigenvalue weighted by Gasteiger charge is -2.06. The zero-order chi connectivity index (χ0) is 17.1. The summed E-state index contributed by atoms with van der Waals surface area (Å²) in [6.45, 7) is 1.64. The topological polar surface area (TPSA) is 100 Å². The van der Waals surface area contributed by atoms with Crippen molar-refractivity contribution in [2.24, 2.45) is 0 Å². The van der Waals surface area contributed by atoms with Crippen LogP contribution in [0.5, 0.6) is 0 Å². The molecule has 3 aromatic rings. The van der Waals surface area contributed by atoms with Crippen LogP contribution < -0.4 is 10.9 Å². The number of rotatable bonds is 3. The molecule has 0 spiro atoms. The molecule has 8 heteroatoms. The molecule has 0 aliphatic heterocycles. The molecule has 0 fully saturated rings. The van der Waals surface area contributed by atoms with Crippen molar-refractivity contribution in [3.8, 4) is 11.3 Å². The van der Waals surface area contributed by atoms with Crippen LogP contribution in [0, 0.1) is 6.92 Å². The predicted molar refractivity (Wildman–Crippen MR) is 90.1 cm³/mol. The first-order valence-corrected chi connectivity index (χ1v) is 7.82. The molecule has 0 saturated heterocycles. The van der Waals surface area contributed by atoms with Gasteiger partial charge >= 0.3 is 0 Å². The van der Waals surface area contributed by atoms with Gasteiger partial charge in [-0.3, -0.25) is 20.4 Å². The van der Waals surface area contributed by atoms with E-state index in [9.17, 15) is 9.59 Å². The molecule has 3 rings (SSSR count). The second-order valence-electron chi connectivity index (χ2n) is 4.97. The molecule has 2 amide bonds. The Kier molecular flexibility index (Phi) is 4.48. The highest BCUT2D eigenvalue weighted by atomic mass is 79.9. The minimum Gasteiger partial charge on any atom is -0.360 e. The quantitative estimate of drug-likeness (QED) is 0.600. The maximum Gasteiger partial charge on any atom is 0.286 e. The first-order chi connectivity index (χ1) is 11.6. The smallest absolute Gasteiger partial charge is 0.286 e. The first kappa shape index (κ1) is 16.0. The number of carbonyl (C=O) groups excluding carboxylic acids is 2. The zero-order valence-electron chi connectivity index (χ0n) is 12.6. The van der Waals surface area contributed by atoms with Gasteiger partial charge in [-0.25, -0.2) is 0 Å². The Labute approximate surface area is 145 Å².